The van der Waals surface area contributed by atoms with Gasteiger partial charge in [0.15, 0.2) is 0 Å². The first-order chi connectivity index (χ1) is 14.5. The Kier molecular flexibility index (Phi) is 4.98. The molecule has 0 saturated carbocycles. The quantitative estimate of drug-likeness (QED) is 0.722. The van der Waals surface area contributed by atoms with E-state index in [0.717, 1.165) is 11.3 Å². The summed E-state index contributed by atoms with van der Waals surface area (Å²) < 4.78 is 12.6. The highest BCUT2D eigenvalue weighted by atomic mass is 16.5. The molecule has 0 bridgehead atoms. The largest absolute Gasteiger partial charge is 0.497 e. The van der Waals surface area contributed by atoms with Crippen LogP contribution in [0, 0.1) is 18.3 Å². The van der Waals surface area contributed by atoms with Gasteiger partial charge in [-0.1, -0.05) is 18.2 Å². The number of pyridine rings is 2. The van der Waals surface area contributed by atoms with Crippen molar-refractivity contribution in [3.8, 4) is 17.6 Å². The molecule has 7 nitrogen and oxygen atoms in total. The first-order valence-corrected chi connectivity index (χ1v) is 9.39. The Bertz CT molecular complexity index is 1240. The molecule has 150 valence electrons. The summed E-state index contributed by atoms with van der Waals surface area (Å²) in [6, 6.07) is 16.7. The standard InChI is InChI=1S/C23H20N4O3/c1-14-10-19-21(23(28)27(14)13-16-7-3-4-9-26-16)20(18(12-24)22(25)30-19)15-6-5-8-17(11-15)29-2/h3-11,20H,13,25H2,1-2H3/t20-/m1/s1. The predicted octanol–water partition coefficient (Wildman–Crippen LogP) is 2.83. The van der Waals surface area contributed by atoms with Crippen molar-refractivity contribution in [3.05, 3.63) is 99.1 Å². The third-order valence-electron chi connectivity index (χ3n) is 5.16. The molecule has 1 aliphatic heterocycles. The Morgan fingerprint density at radius 3 is 2.80 bits per heavy atom. The summed E-state index contributed by atoms with van der Waals surface area (Å²) in [6.07, 6.45) is 1.69. The highest BCUT2D eigenvalue weighted by Gasteiger charge is 2.34. The first kappa shape index (κ1) is 19.3. The van der Waals surface area contributed by atoms with Gasteiger partial charge in [-0.3, -0.25) is 9.78 Å². The van der Waals surface area contributed by atoms with Crippen LogP contribution in [-0.2, 0) is 6.54 Å². The minimum atomic E-state index is -0.656. The number of nitrogens with zero attached hydrogens (tertiary/aromatic N) is 3. The lowest BCUT2D eigenvalue weighted by molar-refractivity contribution is 0.388. The lowest BCUT2D eigenvalue weighted by Crippen LogP contribution is -2.33. The van der Waals surface area contributed by atoms with E-state index in [2.05, 4.69) is 11.1 Å². The number of ether oxygens (including phenoxy) is 2. The van der Waals surface area contributed by atoms with Crippen LogP contribution in [0.15, 0.2) is 71.0 Å². The maximum Gasteiger partial charge on any atom is 0.259 e. The zero-order valence-corrected chi connectivity index (χ0v) is 16.6. The number of nitriles is 1. The van der Waals surface area contributed by atoms with E-state index in [9.17, 15) is 10.1 Å². The number of methoxy groups -OCH3 is 1. The summed E-state index contributed by atoms with van der Waals surface area (Å²) in [4.78, 5) is 17.9. The molecule has 0 amide bonds. The summed E-state index contributed by atoms with van der Waals surface area (Å²) in [7, 11) is 1.57. The molecule has 3 aromatic rings. The van der Waals surface area contributed by atoms with Crippen molar-refractivity contribution >= 4 is 0 Å². The fraction of sp³-hybridized carbons (Fsp3) is 0.174. The van der Waals surface area contributed by atoms with E-state index < -0.39 is 5.92 Å². The van der Waals surface area contributed by atoms with Crippen LogP contribution in [0.1, 0.15) is 28.4 Å². The summed E-state index contributed by atoms with van der Waals surface area (Å²) in [5.41, 5.74) is 8.56. The predicted molar refractivity (Wildman–Crippen MR) is 111 cm³/mol. The lowest BCUT2D eigenvalue weighted by atomic mass is 9.84. The number of fused-ring (bicyclic) bond motifs is 1. The Labute approximate surface area is 173 Å². The summed E-state index contributed by atoms with van der Waals surface area (Å²) >= 11 is 0. The molecular weight excluding hydrogens is 380 g/mol. The van der Waals surface area contributed by atoms with Gasteiger partial charge in [0.2, 0.25) is 5.88 Å². The molecule has 30 heavy (non-hydrogen) atoms. The van der Waals surface area contributed by atoms with E-state index in [-0.39, 0.29) is 17.0 Å². The minimum absolute atomic E-state index is 0.000837. The second kappa shape index (κ2) is 7.76. The van der Waals surface area contributed by atoms with Crippen molar-refractivity contribution < 1.29 is 9.47 Å². The van der Waals surface area contributed by atoms with Crippen LogP contribution in [0.2, 0.25) is 0 Å². The normalized spacial score (nSPS) is 15.2. The lowest BCUT2D eigenvalue weighted by Gasteiger charge is -2.27. The van der Waals surface area contributed by atoms with E-state index >= 15 is 0 Å². The third kappa shape index (κ3) is 3.29. The fourth-order valence-electron chi connectivity index (χ4n) is 3.69. The van der Waals surface area contributed by atoms with Crippen molar-refractivity contribution in [2.24, 2.45) is 5.73 Å². The number of benzene rings is 1. The van der Waals surface area contributed by atoms with Gasteiger partial charge in [0.1, 0.15) is 23.1 Å². The molecule has 4 rings (SSSR count). The Balaban J connectivity index is 1.93. The SMILES string of the molecule is COc1cccc([C@@H]2C(C#N)=C(N)Oc3cc(C)n(Cc4ccccn4)c(=O)c32)c1. The van der Waals surface area contributed by atoms with Crippen LogP contribution in [0.4, 0.5) is 0 Å². The van der Waals surface area contributed by atoms with Crippen LogP contribution in [-0.4, -0.2) is 16.7 Å². The van der Waals surface area contributed by atoms with Crippen molar-refractivity contribution in [1.29, 1.82) is 5.26 Å². The van der Waals surface area contributed by atoms with E-state index in [4.69, 9.17) is 15.2 Å². The molecular formula is C23H20N4O3. The van der Waals surface area contributed by atoms with E-state index in [1.54, 1.807) is 36.1 Å². The maximum absolute atomic E-state index is 13.6. The van der Waals surface area contributed by atoms with E-state index in [1.165, 1.54) is 0 Å². The summed E-state index contributed by atoms with van der Waals surface area (Å²) in [6.45, 7) is 2.14. The van der Waals surface area contributed by atoms with Gasteiger partial charge in [-0.05, 0) is 36.8 Å². The Hall–Kier alpha value is -4.05. The summed E-state index contributed by atoms with van der Waals surface area (Å²) in [5, 5.41) is 9.78. The van der Waals surface area contributed by atoms with Crippen LogP contribution in [0.3, 0.4) is 0 Å². The van der Waals surface area contributed by atoms with Gasteiger partial charge in [0.05, 0.1) is 30.8 Å². The van der Waals surface area contributed by atoms with Gasteiger partial charge in [-0.25, -0.2) is 0 Å². The van der Waals surface area contributed by atoms with Crippen molar-refractivity contribution in [3.63, 3.8) is 0 Å². The fourth-order valence-corrected chi connectivity index (χ4v) is 3.69. The Morgan fingerprint density at radius 1 is 1.27 bits per heavy atom. The van der Waals surface area contributed by atoms with Gasteiger partial charge in [0.25, 0.3) is 5.56 Å². The van der Waals surface area contributed by atoms with Gasteiger partial charge < -0.3 is 19.8 Å². The molecule has 2 aromatic heterocycles. The second-order valence-electron chi connectivity index (χ2n) is 6.98. The number of hydrogen-bond acceptors (Lipinski definition) is 6. The smallest absolute Gasteiger partial charge is 0.259 e. The minimum Gasteiger partial charge on any atom is -0.497 e. The summed E-state index contributed by atoms with van der Waals surface area (Å²) in [5.74, 6) is 0.326. The van der Waals surface area contributed by atoms with Crippen LogP contribution in [0.25, 0.3) is 0 Å². The monoisotopic (exact) mass is 400 g/mol. The number of aromatic nitrogens is 2. The van der Waals surface area contributed by atoms with Gasteiger partial charge >= 0.3 is 0 Å². The molecule has 0 fully saturated rings. The zero-order valence-electron chi connectivity index (χ0n) is 16.6. The van der Waals surface area contributed by atoms with Crippen molar-refractivity contribution in [2.75, 3.05) is 7.11 Å². The molecule has 0 radical (unpaired) electrons. The van der Waals surface area contributed by atoms with Crippen molar-refractivity contribution in [2.45, 2.75) is 19.4 Å². The van der Waals surface area contributed by atoms with E-state index in [1.807, 2.05) is 37.3 Å². The van der Waals surface area contributed by atoms with Crippen molar-refractivity contribution in [1.82, 2.24) is 9.55 Å². The highest BCUT2D eigenvalue weighted by Crippen LogP contribution is 2.41. The molecule has 0 aliphatic carbocycles. The van der Waals surface area contributed by atoms with Gasteiger partial charge in [0, 0.05) is 18.0 Å². The van der Waals surface area contributed by atoms with Crippen LogP contribution in [0.5, 0.6) is 11.5 Å². The molecule has 0 saturated heterocycles. The molecule has 1 aliphatic rings. The number of hydrogen-bond donors (Lipinski definition) is 1. The maximum atomic E-state index is 13.6. The molecule has 3 heterocycles. The average Bonchev–Trinajstić information content (AvgIpc) is 2.76. The number of rotatable bonds is 4. The van der Waals surface area contributed by atoms with Gasteiger partial charge in [-0.15, -0.1) is 0 Å². The topological polar surface area (TPSA) is 103 Å². The number of allylic oxidation sites excluding steroid dienone is 1. The number of nitrogens with two attached hydrogens (primary N) is 1. The zero-order chi connectivity index (χ0) is 21.3. The average molecular weight is 400 g/mol. The molecule has 7 heteroatoms. The molecule has 1 atom stereocenters. The van der Waals surface area contributed by atoms with Crippen LogP contribution >= 0.6 is 0 Å². The van der Waals surface area contributed by atoms with Gasteiger partial charge in [-0.2, -0.15) is 5.26 Å². The molecule has 2 N–H and O–H groups in total. The van der Waals surface area contributed by atoms with E-state index in [0.29, 0.717) is 29.3 Å². The highest BCUT2D eigenvalue weighted by molar-refractivity contribution is 5.56. The number of aryl methyl sites for hydroxylation is 1. The molecule has 0 unspecified atom stereocenters. The molecule has 0 spiro atoms. The third-order valence-corrected chi connectivity index (χ3v) is 5.16. The Morgan fingerprint density at radius 2 is 2.10 bits per heavy atom. The second-order valence-corrected chi connectivity index (χ2v) is 6.98. The van der Waals surface area contributed by atoms with Crippen LogP contribution < -0.4 is 20.8 Å². The molecule has 1 aromatic carbocycles. The first-order valence-electron chi connectivity index (χ1n) is 9.39.